The lowest BCUT2D eigenvalue weighted by Crippen LogP contribution is -2.34. The molecule has 0 aliphatic carbocycles. The maximum absolute atomic E-state index is 12.7. The predicted molar refractivity (Wildman–Crippen MR) is 106 cm³/mol. The molecule has 0 bridgehead atoms. The molecule has 1 atom stereocenters. The minimum absolute atomic E-state index is 0.0191. The van der Waals surface area contributed by atoms with Crippen LogP contribution in [0.5, 0.6) is 17.2 Å². The van der Waals surface area contributed by atoms with Crippen molar-refractivity contribution in [3.63, 3.8) is 0 Å². The molecule has 1 saturated heterocycles. The van der Waals surface area contributed by atoms with Crippen LogP contribution in [0, 0.1) is 0 Å². The Kier molecular flexibility index (Phi) is 6.32. The Morgan fingerprint density at radius 3 is 2.58 bits per heavy atom. The number of hydrogen-bond donors (Lipinski definition) is 0. The molecule has 0 spiro atoms. The molecule has 7 heteroatoms. The first kappa shape index (κ1) is 18.9. The maximum Gasteiger partial charge on any atom is 0.261 e. The molecule has 0 N–H and O–H groups in total. The van der Waals surface area contributed by atoms with Crippen molar-refractivity contribution in [2.75, 3.05) is 33.1 Å². The number of para-hydroxylation sites is 2. The molecule has 1 unspecified atom stereocenters. The number of methoxy groups -OCH3 is 2. The van der Waals surface area contributed by atoms with Crippen molar-refractivity contribution in [3.8, 4) is 17.2 Å². The van der Waals surface area contributed by atoms with Gasteiger partial charge in [0, 0.05) is 12.3 Å². The minimum Gasteiger partial charge on any atom is -0.496 e. The smallest absolute Gasteiger partial charge is 0.261 e. The number of carbonyl (C=O) groups excluding carboxylic acids is 1. The Labute approximate surface area is 165 Å². The first-order chi connectivity index (χ1) is 12.6. The molecule has 1 aliphatic heterocycles. The highest BCUT2D eigenvalue weighted by molar-refractivity contribution is 9.10. The molecule has 1 fully saturated rings. The van der Waals surface area contributed by atoms with Crippen LogP contribution in [0.25, 0.3) is 0 Å². The van der Waals surface area contributed by atoms with Gasteiger partial charge in [-0.25, -0.2) is 0 Å². The molecule has 26 heavy (non-hydrogen) atoms. The zero-order valence-corrected chi connectivity index (χ0v) is 17.0. The van der Waals surface area contributed by atoms with E-state index >= 15 is 0 Å². The van der Waals surface area contributed by atoms with Crippen molar-refractivity contribution in [1.82, 2.24) is 4.90 Å². The van der Waals surface area contributed by atoms with E-state index in [1.165, 1.54) is 0 Å². The van der Waals surface area contributed by atoms with Crippen LogP contribution in [-0.4, -0.2) is 43.9 Å². The van der Waals surface area contributed by atoms with Crippen LogP contribution in [-0.2, 0) is 4.79 Å². The Hall–Kier alpha value is -1.86. The van der Waals surface area contributed by atoms with Crippen LogP contribution in [0.15, 0.2) is 46.9 Å². The molecule has 0 aromatic heterocycles. The molecular formula is C19H20BrNO4S. The maximum atomic E-state index is 12.7. The monoisotopic (exact) mass is 437 g/mol. The average molecular weight is 438 g/mol. The summed E-state index contributed by atoms with van der Waals surface area (Å²) in [6, 6.07) is 13.2. The average Bonchev–Trinajstić information content (AvgIpc) is 3.16. The molecular weight excluding hydrogens is 418 g/mol. The van der Waals surface area contributed by atoms with Gasteiger partial charge in [0.15, 0.2) is 18.1 Å². The summed E-state index contributed by atoms with van der Waals surface area (Å²) >= 11 is 5.26. The summed E-state index contributed by atoms with van der Waals surface area (Å²) < 4.78 is 17.1. The van der Waals surface area contributed by atoms with Gasteiger partial charge in [0.1, 0.15) is 11.1 Å². The highest BCUT2D eigenvalue weighted by atomic mass is 79.9. The largest absolute Gasteiger partial charge is 0.496 e. The van der Waals surface area contributed by atoms with E-state index in [2.05, 4.69) is 15.9 Å². The molecule has 1 aliphatic rings. The number of carbonyl (C=O) groups is 1. The number of rotatable bonds is 6. The van der Waals surface area contributed by atoms with E-state index in [0.29, 0.717) is 18.0 Å². The van der Waals surface area contributed by atoms with Crippen molar-refractivity contribution in [1.29, 1.82) is 0 Å². The number of hydrogen-bond acceptors (Lipinski definition) is 5. The van der Waals surface area contributed by atoms with Crippen LogP contribution >= 0.6 is 27.7 Å². The summed E-state index contributed by atoms with van der Waals surface area (Å²) in [6.07, 6.45) is 0. The van der Waals surface area contributed by atoms with E-state index in [4.69, 9.17) is 14.2 Å². The van der Waals surface area contributed by atoms with Gasteiger partial charge in [-0.1, -0.05) is 18.2 Å². The van der Waals surface area contributed by atoms with Crippen molar-refractivity contribution < 1.29 is 19.0 Å². The second-order valence-electron chi connectivity index (χ2n) is 5.64. The number of thioether (sulfide) groups is 1. The Morgan fingerprint density at radius 2 is 1.88 bits per heavy atom. The zero-order valence-electron chi connectivity index (χ0n) is 14.6. The number of halogens is 1. The molecule has 2 aromatic carbocycles. The standard InChI is InChI=1S/C19H20BrNO4S/c1-23-15-8-7-13(11-14(15)20)19-21(9-10-26-19)18(22)12-25-17-6-4-3-5-16(17)24-2/h3-8,11,19H,9-10,12H2,1-2H3. The van der Waals surface area contributed by atoms with Gasteiger partial charge in [0.05, 0.1) is 18.7 Å². The van der Waals surface area contributed by atoms with Crippen molar-refractivity contribution in [2.45, 2.75) is 5.37 Å². The second-order valence-corrected chi connectivity index (χ2v) is 7.69. The lowest BCUT2D eigenvalue weighted by molar-refractivity contribution is -0.133. The van der Waals surface area contributed by atoms with Gasteiger partial charge in [0.25, 0.3) is 5.91 Å². The molecule has 3 rings (SSSR count). The second kappa shape index (κ2) is 8.68. The van der Waals surface area contributed by atoms with Crippen molar-refractivity contribution in [3.05, 3.63) is 52.5 Å². The van der Waals surface area contributed by atoms with Crippen LogP contribution < -0.4 is 14.2 Å². The molecule has 1 heterocycles. The predicted octanol–water partition coefficient (Wildman–Crippen LogP) is 4.12. The zero-order chi connectivity index (χ0) is 18.5. The van der Waals surface area contributed by atoms with Gasteiger partial charge in [-0.15, -0.1) is 11.8 Å². The van der Waals surface area contributed by atoms with Gasteiger partial charge < -0.3 is 19.1 Å². The fraction of sp³-hybridized carbons (Fsp3) is 0.316. The molecule has 0 radical (unpaired) electrons. The van der Waals surface area contributed by atoms with Gasteiger partial charge >= 0.3 is 0 Å². The summed E-state index contributed by atoms with van der Waals surface area (Å²) in [7, 11) is 3.22. The normalized spacial score (nSPS) is 16.4. The Balaban J connectivity index is 1.69. The van der Waals surface area contributed by atoms with Gasteiger partial charge in [0.2, 0.25) is 0 Å². The molecule has 5 nitrogen and oxygen atoms in total. The third-order valence-electron chi connectivity index (χ3n) is 4.09. The van der Waals surface area contributed by atoms with Crippen LogP contribution in [0.3, 0.4) is 0 Å². The van der Waals surface area contributed by atoms with E-state index in [1.54, 1.807) is 32.0 Å². The van der Waals surface area contributed by atoms with Gasteiger partial charge in [-0.3, -0.25) is 4.79 Å². The van der Waals surface area contributed by atoms with E-state index in [0.717, 1.165) is 21.5 Å². The first-order valence-electron chi connectivity index (χ1n) is 8.14. The van der Waals surface area contributed by atoms with Crippen molar-refractivity contribution in [2.24, 2.45) is 0 Å². The minimum atomic E-state index is -0.0437. The molecule has 1 amide bonds. The first-order valence-corrected chi connectivity index (χ1v) is 9.98. The van der Waals surface area contributed by atoms with E-state index in [-0.39, 0.29) is 17.9 Å². The fourth-order valence-electron chi connectivity index (χ4n) is 2.80. The summed E-state index contributed by atoms with van der Waals surface area (Å²) in [6.45, 7) is 0.682. The number of ether oxygens (including phenoxy) is 3. The summed E-state index contributed by atoms with van der Waals surface area (Å²) in [4.78, 5) is 14.6. The topological polar surface area (TPSA) is 48.0 Å². The van der Waals surface area contributed by atoms with Crippen LogP contribution in [0.1, 0.15) is 10.9 Å². The molecule has 2 aromatic rings. The van der Waals surface area contributed by atoms with Crippen molar-refractivity contribution >= 4 is 33.6 Å². The number of amides is 1. The van der Waals surface area contributed by atoms with Crippen LogP contribution in [0.4, 0.5) is 0 Å². The highest BCUT2D eigenvalue weighted by Crippen LogP contribution is 2.40. The van der Waals surface area contributed by atoms with Gasteiger partial charge in [-0.05, 0) is 45.8 Å². The Bertz CT molecular complexity index is 786. The SMILES string of the molecule is COc1ccc(C2SCCN2C(=O)COc2ccccc2OC)cc1Br. The summed E-state index contributed by atoms with van der Waals surface area (Å²) in [5.41, 5.74) is 1.06. The van der Waals surface area contributed by atoms with E-state index in [1.807, 2.05) is 41.3 Å². The lowest BCUT2D eigenvalue weighted by Gasteiger charge is -2.24. The molecule has 0 saturated carbocycles. The fourth-order valence-corrected chi connectivity index (χ4v) is 4.62. The molecule has 138 valence electrons. The lowest BCUT2D eigenvalue weighted by atomic mass is 10.2. The highest BCUT2D eigenvalue weighted by Gasteiger charge is 2.31. The summed E-state index contributed by atoms with van der Waals surface area (Å²) in [5.74, 6) is 2.81. The number of nitrogens with zero attached hydrogens (tertiary/aromatic N) is 1. The van der Waals surface area contributed by atoms with Gasteiger partial charge in [-0.2, -0.15) is 0 Å². The van der Waals surface area contributed by atoms with E-state index in [9.17, 15) is 4.79 Å². The van der Waals surface area contributed by atoms with Crippen LogP contribution in [0.2, 0.25) is 0 Å². The summed E-state index contributed by atoms with van der Waals surface area (Å²) in [5, 5.41) is -0.0222. The third kappa shape index (κ3) is 4.10. The Morgan fingerprint density at radius 1 is 1.15 bits per heavy atom. The quantitative estimate of drug-likeness (QED) is 0.679. The van der Waals surface area contributed by atoms with E-state index < -0.39 is 0 Å². The third-order valence-corrected chi connectivity index (χ3v) is 5.97. The number of benzene rings is 2.